The smallest absolute Gasteiger partial charge is 0.214 e. The van der Waals surface area contributed by atoms with Crippen molar-refractivity contribution >= 4 is 5.78 Å². The average Bonchev–Trinajstić information content (AvgIpc) is 2.38. The molecule has 0 unspecified atom stereocenters. The highest BCUT2D eigenvalue weighted by Gasteiger charge is 2.18. The van der Waals surface area contributed by atoms with Crippen molar-refractivity contribution in [2.45, 2.75) is 6.92 Å². The number of methoxy groups -OCH3 is 1. The molecule has 18 heavy (non-hydrogen) atoms. The van der Waals surface area contributed by atoms with Gasteiger partial charge >= 0.3 is 0 Å². The van der Waals surface area contributed by atoms with Crippen molar-refractivity contribution < 1.29 is 13.9 Å². The van der Waals surface area contributed by atoms with Gasteiger partial charge in [0.15, 0.2) is 11.6 Å². The van der Waals surface area contributed by atoms with E-state index < -0.39 is 11.6 Å². The first-order valence-corrected chi connectivity index (χ1v) is 5.30. The molecule has 0 spiro atoms. The summed E-state index contributed by atoms with van der Waals surface area (Å²) in [5, 5.41) is 0. The molecule has 0 saturated heterocycles. The van der Waals surface area contributed by atoms with E-state index in [2.05, 4.69) is 9.97 Å². The van der Waals surface area contributed by atoms with E-state index in [1.165, 1.54) is 31.5 Å². The van der Waals surface area contributed by atoms with Crippen LogP contribution in [0.4, 0.5) is 4.39 Å². The molecule has 0 N–H and O–H groups in total. The molecule has 1 aromatic heterocycles. The minimum absolute atomic E-state index is 0.0339. The maximum Gasteiger partial charge on any atom is 0.214 e. The van der Waals surface area contributed by atoms with Crippen LogP contribution in [0.3, 0.4) is 0 Å². The molecule has 0 fully saturated rings. The fraction of sp³-hybridized carbons (Fsp3) is 0.154. The van der Waals surface area contributed by atoms with Crippen LogP contribution in [0.15, 0.2) is 30.5 Å². The van der Waals surface area contributed by atoms with E-state index >= 15 is 0 Å². The molecular formula is C13H11FN2O2. The Labute approximate surface area is 103 Å². The third-order valence-corrected chi connectivity index (χ3v) is 2.44. The summed E-state index contributed by atoms with van der Waals surface area (Å²) in [5.41, 5.74) is 0.0992. The molecule has 1 heterocycles. The second kappa shape index (κ2) is 4.91. The number of aryl methyl sites for hydroxylation is 1. The number of ketones is 1. The monoisotopic (exact) mass is 246 g/mol. The normalized spacial score (nSPS) is 10.2. The van der Waals surface area contributed by atoms with Gasteiger partial charge in [-0.05, 0) is 25.1 Å². The number of benzene rings is 1. The Bertz CT molecular complexity index is 599. The Balaban J connectivity index is 2.46. The van der Waals surface area contributed by atoms with E-state index in [9.17, 15) is 9.18 Å². The molecule has 0 bridgehead atoms. The summed E-state index contributed by atoms with van der Waals surface area (Å²) in [6.07, 6.45) is 1.47. The minimum atomic E-state index is -0.679. The van der Waals surface area contributed by atoms with Crippen LogP contribution in [-0.2, 0) is 0 Å². The lowest BCUT2D eigenvalue weighted by Gasteiger charge is -2.06. The van der Waals surface area contributed by atoms with Crippen LogP contribution in [0.1, 0.15) is 21.9 Å². The first kappa shape index (κ1) is 12.2. The number of ether oxygens (including phenoxy) is 1. The average molecular weight is 246 g/mol. The van der Waals surface area contributed by atoms with Crippen molar-refractivity contribution in [3.8, 4) is 5.75 Å². The van der Waals surface area contributed by atoms with E-state index in [1.54, 1.807) is 13.0 Å². The predicted octanol–water partition coefficient (Wildman–Crippen LogP) is 2.16. The minimum Gasteiger partial charge on any atom is -0.494 e. The second-order valence-corrected chi connectivity index (χ2v) is 3.64. The van der Waals surface area contributed by atoms with Gasteiger partial charge in [-0.1, -0.05) is 6.07 Å². The molecule has 0 amide bonds. The lowest BCUT2D eigenvalue weighted by atomic mass is 10.1. The van der Waals surface area contributed by atoms with Gasteiger partial charge in [-0.3, -0.25) is 4.79 Å². The first-order valence-electron chi connectivity index (χ1n) is 5.30. The van der Waals surface area contributed by atoms with Gasteiger partial charge in [-0.15, -0.1) is 0 Å². The van der Waals surface area contributed by atoms with Gasteiger partial charge in [0.25, 0.3) is 0 Å². The number of rotatable bonds is 3. The lowest BCUT2D eigenvalue weighted by Crippen LogP contribution is -2.08. The van der Waals surface area contributed by atoms with Crippen molar-refractivity contribution in [2.75, 3.05) is 7.11 Å². The molecule has 2 rings (SSSR count). The molecule has 4 nitrogen and oxygen atoms in total. The van der Waals surface area contributed by atoms with Crippen molar-refractivity contribution in [3.63, 3.8) is 0 Å². The Morgan fingerprint density at radius 3 is 2.78 bits per heavy atom. The van der Waals surface area contributed by atoms with Crippen LogP contribution in [0.25, 0.3) is 0 Å². The zero-order valence-corrected chi connectivity index (χ0v) is 9.98. The summed E-state index contributed by atoms with van der Waals surface area (Å²) in [6.45, 7) is 1.67. The maximum absolute atomic E-state index is 13.9. The highest BCUT2D eigenvalue weighted by Crippen LogP contribution is 2.21. The van der Waals surface area contributed by atoms with E-state index in [-0.39, 0.29) is 17.0 Å². The van der Waals surface area contributed by atoms with E-state index in [0.29, 0.717) is 5.82 Å². The molecule has 0 aliphatic carbocycles. The standard InChI is InChI=1S/C13H11FN2O2/c1-8-15-7-6-10(16-8)13(17)9-4-3-5-11(18-2)12(9)14/h3-7H,1-2H3. The number of carbonyl (C=O) groups is 1. The van der Waals surface area contributed by atoms with Crippen LogP contribution >= 0.6 is 0 Å². The summed E-state index contributed by atoms with van der Waals surface area (Å²) in [6, 6.07) is 5.87. The summed E-state index contributed by atoms with van der Waals surface area (Å²) in [5.74, 6) is -0.672. The fourth-order valence-corrected chi connectivity index (χ4v) is 1.56. The Morgan fingerprint density at radius 1 is 1.33 bits per heavy atom. The predicted molar refractivity (Wildman–Crippen MR) is 63.2 cm³/mol. The summed E-state index contributed by atoms with van der Waals surface area (Å²) in [4.78, 5) is 20.0. The highest BCUT2D eigenvalue weighted by atomic mass is 19.1. The molecule has 2 aromatic rings. The van der Waals surface area contributed by atoms with Crippen molar-refractivity contribution in [2.24, 2.45) is 0 Å². The number of aromatic nitrogens is 2. The molecule has 0 atom stereocenters. The number of nitrogens with zero attached hydrogens (tertiary/aromatic N) is 2. The van der Waals surface area contributed by atoms with E-state index in [4.69, 9.17) is 4.74 Å². The van der Waals surface area contributed by atoms with Crippen LogP contribution in [-0.4, -0.2) is 22.9 Å². The molecule has 1 aromatic carbocycles. The molecule has 0 radical (unpaired) electrons. The fourth-order valence-electron chi connectivity index (χ4n) is 1.56. The number of carbonyl (C=O) groups excluding carboxylic acids is 1. The third kappa shape index (κ3) is 2.20. The Kier molecular flexibility index (Phi) is 3.32. The van der Waals surface area contributed by atoms with Gasteiger partial charge in [0.1, 0.15) is 11.5 Å². The second-order valence-electron chi connectivity index (χ2n) is 3.64. The van der Waals surface area contributed by atoms with E-state index in [0.717, 1.165) is 0 Å². The topological polar surface area (TPSA) is 52.1 Å². The summed E-state index contributed by atoms with van der Waals surface area (Å²) >= 11 is 0. The molecule has 0 aliphatic rings. The number of hydrogen-bond donors (Lipinski definition) is 0. The molecule has 5 heteroatoms. The quantitative estimate of drug-likeness (QED) is 0.779. The zero-order valence-electron chi connectivity index (χ0n) is 9.98. The first-order chi connectivity index (χ1) is 8.63. The number of halogens is 1. The zero-order chi connectivity index (χ0) is 13.1. The Hall–Kier alpha value is -2.30. The van der Waals surface area contributed by atoms with Crippen molar-refractivity contribution in [1.82, 2.24) is 9.97 Å². The van der Waals surface area contributed by atoms with Gasteiger partial charge in [0, 0.05) is 6.20 Å². The molecule has 0 aliphatic heterocycles. The van der Waals surface area contributed by atoms with Gasteiger partial charge in [-0.2, -0.15) is 0 Å². The summed E-state index contributed by atoms with van der Waals surface area (Å²) < 4.78 is 18.8. The van der Waals surface area contributed by atoms with Crippen LogP contribution in [0.5, 0.6) is 5.75 Å². The number of hydrogen-bond acceptors (Lipinski definition) is 4. The van der Waals surface area contributed by atoms with Crippen LogP contribution in [0, 0.1) is 12.7 Å². The van der Waals surface area contributed by atoms with Gasteiger partial charge in [-0.25, -0.2) is 14.4 Å². The molecule has 0 saturated carbocycles. The van der Waals surface area contributed by atoms with Crippen LogP contribution in [0.2, 0.25) is 0 Å². The van der Waals surface area contributed by atoms with Crippen LogP contribution < -0.4 is 4.74 Å². The van der Waals surface area contributed by atoms with Crippen molar-refractivity contribution in [1.29, 1.82) is 0 Å². The third-order valence-electron chi connectivity index (χ3n) is 2.44. The highest BCUT2D eigenvalue weighted by molar-refractivity contribution is 6.08. The maximum atomic E-state index is 13.9. The SMILES string of the molecule is COc1cccc(C(=O)c2ccnc(C)n2)c1F. The Morgan fingerprint density at radius 2 is 2.11 bits per heavy atom. The van der Waals surface area contributed by atoms with Gasteiger partial charge < -0.3 is 4.74 Å². The molecule has 92 valence electrons. The van der Waals surface area contributed by atoms with Crippen molar-refractivity contribution in [3.05, 3.63) is 53.4 Å². The van der Waals surface area contributed by atoms with Gasteiger partial charge in [0.05, 0.1) is 12.7 Å². The van der Waals surface area contributed by atoms with E-state index in [1.807, 2.05) is 0 Å². The largest absolute Gasteiger partial charge is 0.494 e. The van der Waals surface area contributed by atoms with Gasteiger partial charge in [0.2, 0.25) is 5.78 Å². The molecular weight excluding hydrogens is 235 g/mol. The lowest BCUT2D eigenvalue weighted by molar-refractivity contribution is 0.102. The summed E-state index contributed by atoms with van der Waals surface area (Å²) in [7, 11) is 1.35.